The molecule has 24 heavy (non-hydrogen) atoms. The number of carbonyl (C=O) groups excluding carboxylic acids is 1. The average molecular weight is 321 g/mol. The summed E-state index contributed by atoms with van der Waals surface area (Å²) < 4.78 is 2.28. The fourth-order valence-electron chi connectivity index (χ4n) is 4.09. The van der Waals surface area contributed by atoms with Crippen LogP contribution in [0.3, 0.4) is 0 Å². The Morgan fingerprint density at radius 2 is 1.96 bits per heavy atom. The van der Waals surface area contributed by atoms with E-state index in [0.29, 0.717) is 5.92 Å². The van der Waals surface area contributed by atoms with Crippen molar-refractivity contribution in [3.8, 4) is 6.07 Å². The Balaban J connectivity index is 1.58. The van der Waals surface area contributed by atoms with Crippen LogP contribution in [0, 0.1) is 23.2 Å². The van der Waals surface area contributed by atoms with Gasteiger partial charge in [0.15, 0.2) is 0 Å². The summed E-state index contributed by atoms with van der Waals surface area (Å²) in [6.07, 6.45) is 8.43. The number of carbonyl (C=O) groups is 1. The lowest BCUT2D eigenvalue weighted by Crippen LogP contribution is -2.43. The number of aromatic nitrogens is 1. The monoisotopic (exact) mass is 321 g/mol. The lowest BCUT2D eigenvalue weighted by Gasteiger charge is -2.33. The largest absolute Gasteiger partial charge is 0.344 e. The summed E-state index contributed by atoms with van der Waals surface area (Å²) in [6, 6.07) is 12.6. The summed E-state index contributed by atoms with van der Waals surface area (Å²) in [6.45, 7) is 0. The standard InChI is InChI=1S/C20H23N3O/c21-13-17(14-9-10-14)22-20(24)16-6-2-4-8-19(16)23-12-11-15-5-1-3-7-18(15)23/h1,3,5,7,11-12,14,16-17,19H,2,4,6,8-10H2,(H,22,24)/t16-,17?,19+/m1/s1. The van der Waals surface area contributed by atoms with Crippen molar-refractivity contribution in [2.75, 3.05) is 0 Å². The van der Waals surface area contributed by atoms with Crippen molar-refractivity contribution in [3.05, 3.63) is 36.5 Å². The molecule has 2 aliphatic rings. The van der Waals surface area contributed by atoms with Crippen LogP contribution in [0.15, 0.2) is 36.5 Å². The van der Waals surface area contributed by atoms with Crippen molar-refractivity contribution in [3.63, 3.8) is 0 Å². The molecule has 0 saturated heterocycles. The minimum atomic E-state index is -0.304. The number of nitriles is 1. The van der Waals surface area contributed by atoms with E-state index < -0.39 is 0 Å². The molecule has 1 heterocycles. The van der Waals surface area contributed by atoms with Gasteiger partial charge in [0.2, 0.25) is 5.91 Å². The van der Waals surface area contributed by atoms with Gasteiger partial charge in [0.25, 0.3) is 0 Å². The highest BCUT2D eigenvalue weighted by atomic mass is 16.2. The van der Waals surface area contributed by atoms with Crippen LogP contribution in [0.25, 0.3) is 10.9 Å². The van der Waals surface area contributed by atoms with Gasteiger partial charge in [-0.15, -0.1) is 0 Å². The van der Waals surface area contributed by atoms with Gasteiger partial charge in [0, 0.05) is 17.8 Å². The molecule has 124 valence electrons. The molecule has 2 aliphatic carbocycles. The Morgan fingerprint density at radius 3 is 2.75 bits per heavy atom. The highest BCUT2D eigenvalue weighted by Gasteiger charge is 2.37. The summed E-state index contributed by atoms with van der Waals surface area (Å²) in [4.78, 5) is 12.9. The van der Waals surface area contributed by atoms with E-state index in [2.05, 4.69) is 46.4 Å². The third kappa shape index (κ3) is 2.80. The van der Waals surface area contributed by atoms with Crippen LogP contribution in [0.1, 0.15) is 44.6 Å². The summed E-state index contributed by atoms with van der Waals surface area (Å²) >= 11 is 0. The Labute approximate surface area is 142 Å². The molecular formula is C20H23N3O. The van der Waals surface area contributed by atoms with Crippen LogP contribution in [-0.2, 0) is 4.79 Å². The van der Waals surface area contributed by atoms with Crippen LogP contribution in [-0.4, -0.2) is 16.5 Å². The minimum Gasteiger partial charge on any atom is -0.344 e. The Hall–Kier alpha value is -2.28. The van der Waals surface area contributed by atoms with Gasteiger partial charge >= 0.3 is 0 Å². The van der Waals surface area contributed by atoms with Gasteiger partial charge in [-0.05, 0) is 49.1 Å². The zero-order valence-electron chi connectivity index (χ0n) is 13.8. The van der Waals surface area contributed by atoms with Crippen LogP contribution < -0.4 is 5.32 Å². The molecule has 4 rings (SSSR count). The van der Waals surface area contributed by atoms with Gasteiger partial charge in [0.05, 0.1) is 12.0 Å². The molecule has 1 aromatic heterocycles. The van der Waals surface area contributed by atoms with Crippen molar-refractivity contribution in [2.45, 2.75) is 50.6 Å². The second kappa shape index (κ2) is 6.32. The third-order valence-electron chi connectivity index (χ3n) is 5.58. The van der Waals surface area contributed by atoms with E-state index in [1.165, 1.54) is 10.9 Å². The molecule has 0 bridgehead atoms. The second-order valence-electron chi connectivity index (χ2n) is 7.19. The highest BCUT2D eigenvalue weighted by Crippen LogP contribution is 2.37. The summed E-state index contributed by atoms with van der Waals surface area (Å²) in [7, 11) is 0. The maximum Gasteiger partial charge on any atom is 0.226 e. The van der Waals surface area contributed by atoms with Crippen molar-refractivity contribution in [2.24, 2.45) is 11.8 Å². The van der Waals surface area contributed by atoms with Crippen molar-refractivity contribution in [1.29, 1.82) is 5.26 Å². The van der Waals surface area contributed by atoms with Gasteiger partial charge in [-0.25, -0.2) is 0 Å². The third-order valence-corrected chi connectivity index (χ3v) is 5.58. The lowest BCUT2D eigenvalue weighted by molar-refractivity contribution is -0.127. The number of hydrogen-bond acceptors (Lipinski definition) is 2. The summed E-state index contributed by atoms with van der Waals surface area (Å²) in [5.74, 6) is 0.397. The Morgan fingerprint density at radius 1 is 1.17 bits per heavy atom. The number of rotatable bonds is 4. The van der Waals surface area contributed by atoms with E-state index in [4.69, 9.17) is 0 Å². The van der Waals surface area contributed by atoms with Crippen molar-refractivity contribution >= 4 is 16.8 Å². The summed E-state index contributed by atoms with van der Waals surface area (Å²) in [5.41, 5.74) is 1.20. The van der Waals surface area contributed by atoms with E-state index in [0.717, 1.165) is 38.5 Å². The molecule has 0 aliphatic heterocycles. The van der Waals surface area contributed by atoms with Crippen LogP contribution in [0.2, 0.25) is 0 Å². The van der Waals surface area contributed by atoms with E-state index in [9.17, 15) is 10.1 Å². The molecule has 1 aromatic carbocycles. The molecule has 1 N–H and O–H groups in total. The SMILES string of the molecule is N#CC(NC(=O)[C@@H]1CCCC[C@@H]1n1ccc2ccccc21)C1CC1. The maximum atomic E-state index is 12.9. The first-order valence-corrected chi connectivity index (χ1v) is 9.03. The minimum absolute atomic E-state index is 0.0378. The first-order valence-electron chi connectivity index (χ1n) is 9.03. The zero-order valence-corrected chi connectivity index (χ0v) is 13.8. The Bertz CT molecular complexity index is 784. The molecule has 2 saturated carbocycles. The Kier molecular flexibility index (Phi) is 4.02. The van der Waals surface area contributed by atoms with Gasteiger partial charge in [0.1, 0.15) is 6.04 Å². The smallest absolute Gasteiger partial charge is 0.226 e. The number of benzene rings is 1. The first-order chi connectivity index (χ1) is 11.8. The van der Waals surface area contributed by atoms with Crippen LogP contribution >= 0.6 is 0 Å². The fraction of sp³-hybridized carbons (Fsp3) is 0.500. The van der Waals surface area contributed by atoms with Gasteiger partial charge in [-0.3, -0.25) is 4.79 Å². The molecule has 2 aromatic rings. The lowest BCUT2D eigenvalue weighted by atomic mass is 9.83. The molecule has 1 amide bonds. The molecule has 3 atom stereocenters. The molecule has 4 nitrogen and oxygen atoms in total. The predicted octanol–water partition coefficient (Wildman–Crippen LogP) is 3.79. The predicted molar refractivity (Wildman–Crippen MR) is 93.2 cm³/mol. The number of nitrogens with zero attached hydrogens (tertiary/aromatic N) is 2. The number of amides is 1. The van der Waals surface area contributed by atoms with Crippen LogP contribution in [0.4, 0.5) is 0 Å². The number of nitrogens with one attached hydrogen (secondary N) is 1. The zero-order chi connectivity index (χ0) is 16.5. The van der Waals surface area contributed by atoms with Gasteiger partial charge in [-0.2, -0.15) is 5.26 Å². The van der Waals surface area contributed by atoms with E-state index in [1.807, 2.05) is 6.07 Å². The molecule has 2 fully saturated rings. The molecule has 4 heteroatoms. The topological polar surface area (TPSA) is 57.8 Å². The maximum absolute atomic E-state index is 12.9. The highest BCUT2D eigenvalue weighted by molar-refractivity contribution is 5.82. The number of hydrogen-bond donors (Lipinski definition) is 1. The molecular weight excluding hydrogens is 298 g/mol. The molecule has 0 radical (unpaired) electrons. The number of fused-ring (bicyclic) bond motifs is 1. The van der Waals surface area contributed by atoms with Crippen LogP contribution in [0.5, 0.6) is 0 Å². The van der Waals surface area contributed by atoms with E-state index in [-0.39, 0.29) is 23.9 Å². The fourth-order valence-corrected chi connectivity index (χ4v) is 4.09. The summed E-state index contributed by atoms with van der Waals surface area (Å²) in [5, 5.41) is 13.5. The molecule has 0 spiro atoms. The quantitative estimate of drug-likeness (QED) is 0.931. The molecule has 1 unspecified atom stereocenters. The van der Waals surface area contributed by atoms with Gasteiger partial charge < -0.3 is 9.88 Å². The van der Waals surface area contributed by atoms with Gasteiger partial charge in [-0.1, -0.05) is 31.0 Å². The van der Waals surface area contributed by atoms with E-state index in [1.54, 1.807) is 0 Å². The van der Waals surface area contributed by atoms with Crippen molar-refractivity contribution in [1.82, 2.24) is 9.88 Å². The van der Waals surface area contributed by atoms with Crippen molar-refractivity contribution < 1.29 is 4.79 Å². The average Bonchev–Trinajstić information content (AvgIpc) is 3.38. The second-order valence-corrected chi connectivity index (χ2v) is 7.19. The first kappa shape index (κ1) is 15.3. The van der Waals surface area contributed by atoms with E-state index >= 15 is 0 Å². The normalized spacial score (nSPS) is 25.1. The number of para-hydroxylation sites is 1.